The molecule has 0 amide bonds. The van der Waals surface area contributed by atoms with Crippen LogP contribution in [0.15, 0.2) is 41.1 Å². The molecule has 1 atom stereocenters. The molecule has 1 aromatic heterocycles. The Morgan fingerprint density at radius 3 is 2.90 bits per heavy atom. The number of nitrogens with zero attached hydrogens (tertiary/aromatic N) is 1. The van der Waals surface area contributed by atoms with Crippen LogP contribution in [0.1, 0.15) is 30.6 Å². The van der Waals surface area contributed by atoms with Gasteiger partial charge in [-0.15, -0.1) is 0 Å². The predicted octanol–water partition coefficient (Wildman–Crippen LogP) is 3.85. The molecule has 3 nitrogen and oxygen atoms in total. The fourth-order valence-corrected chi connectivity index (χ4v) is 2.38. The van der Waals surface area contributed by atoms with E-state index >= 15 is 0 Å². The molecular weight excluding hydrogens is 325 g/mol. The second-order valence-electron chi connectivity index (χ2n) is 4.34. The summed E-state index contributed by atoms with van der Waals surface area (Å²) in [4.78, 5) is 4.02. The molecule has 5 heteroatoms. The Morgan fingerprint density at radius 1 is 1.40 bits per heavy atom. The Morgan fingerprint density at radius 2 is 2.20 bits per heavy atom. The van der Waals surface area contributed by atoms with Gasteiger partial charge < -0.3 is 9.84 Å². The van der Waals surface area contributed by atoms with E-state index in [9.17, 15) is 9.50 Å². The molecule has 1 heterocycles. The number of benzene rings is 1. The van der Waals surface area contributed by atoms with Gasteiger partial charge in [-0.3, -0.25) is 4.98 Å². The maximum absolute atomic E-state index is 13.8. The highest BCUT2D eigenvalue weighted by molar-refractivity contribution is 9.10. The summed E-state index contributed by atoms with van der Waals surface area (Å²) in [7, 11) is 0. The average molecular weight is 340 g/mol. The Bertz CT molecular complexity index is 572. The lowest BCUT2D eigenvalue weighted by molar-refractivity contribution is 0.212. The monoisotopic (exact) mass is 339 g/mol. The van der Waals surface area contributed by atoms with Crippen molar-refractivity contribution in [1.82, 2.24) is 4.98 Å². The van der Waals surface area contributed by atoms with Crippen LogP contribution in [-0.4, -0.2) is 16.7 Å². The molecule has 0 aliphatic rings. The number of rotatable bonds is 5. The number of halogens is 2. The van der Waals surface area contributed by atoms with Crippen molar-refractivity contribution in [1.29, 1.82) is 0 Å². The van der Waals surface area contributed by atoms with Crippen molar-refractivity contribution < 1.29 is 14.2 Å². The maximum Gasteiger partial charge on any atom is 0.137 e. The highest BCUT2D eigenvalue weighted by Crippen LogP contribution is 2.31. The van der Waals surface area contributed by atoms with Gasteiger partial charge in [0.2, 0.25) is 0 Å². The van der Waals surface area contributed by atoms with E-state index in [-0.39, 0.29) is 5.56 Å². The zero-order valence-electron chi connectivity index (χ0n) is 11.0. The largest absolute Gasteiger partial charge is 0.492 e. The molecule has 106 valence electrons. The highest BCUT2D eigenvalue weighted by Gasteiger charge is 2.19. The van der Waals surface area contributed by atoms with Gasteiger partial charge in [0.15, 0.2) is 0 Å². The number of aliphatic hydroxyl groups excluding tert-OH is 1. The number of hydrogen-bond donors (Lipinski definition) is 1. The molecule has 2 aromatic rings. The first-order chi connectivity index (χ1) is 9.63. The minimum Gasteiger partial charge on any atom is -0.492 e. The van der Waals surface area contributed by atoms with Crippen molar-refractivity contribution in [3.8, 4) is 5.75 Å². The first-order valence-electron chi connectivity index (χ1n) is 6.33. The summed E-state index contributed by atoms with van der Waals surface area (Å²) in [5, 5.41) is 10.3. The van der Waals surface area contributed by atoms with E-state index in [0.717, 1.165) is 6.42 Å². The van der Waals surface area contributed by atoms with E-state index in [1.54, 1.807) is 24.4 Å². The SMILES string of the molecule is CCCOc1cncc(C(O)c2c(F)cccc2Br)c1. The molecule has 1 unspecified atom stereocenters. The van der Waals surface area contributed by atoms with Crippen LogP contribution < -0.4 is 4.74 Å². The van der Waals surface area contributed by atoms with Gasteiger partial charge in [-0.1, -0.05) is 28.9 Å². The van der Waals surface area contributed by atoms with E-state index in [4.69, 9.17) is 4.74 Å². The highest BCUT2D eigenvalue weighted by atomic mass is 79.9. The summed E-state index contributed by atoms with van der Waals surface area (Å²) in [5.74, 6) is 0.0996. The Hall–Kier alpha value is -1.46. The van der Waals surface area contributed by atoms with E-state index < -0.39 is 11.9 Å². The first kappa shape index (κ1) is 14.9. The minimum absolute atomic E-state index is 0.196. The topological polar surface area (TPSA) is 42.4 Å². The molecule has 0 saturated heterocycles. The quantitative estimate of drug-likeness (QED) is 0.899. The van der Waals surface area contributed by atoms with Crippen molar-refractivity contribution in [2.75, 3.05) is 6.61 Å². The molecular formula is C15H15BrFNO2. The Balaban J connectivity index is 2.31. The molecule has 1 aromatic carbocycles. The summed E-state index contributed by atoms with van der Waals surface area (Å²) in [6, 6.07) is 6.25. The van der Waals surface area contributed by atoms with E-state index in [1.165, 1.54) is 12.3 Å². The van der Waals surface area contributed by atoms with Crippen LogP contribution in [0, 0.1) is 5.82 Å². The zero-order valence-corrected chi connectivity index (χ0v) is 12.6. The van der Waals surface area contributed by atoms with E-state index in [2.05, 4.69) is 20.9 Å². The number of hydrogen-bond acceptors (Lipinski definition) is 3. The third kappa shape index (κ3) is 3.35. The van der Waals surface area contributed by atoms with Gasteiger partial charge in [0, 0.05) is 21.8 Å². The molecule has 1 N–H and O–H groups in total. The lowest BCUT2D eigenvalue weighted by Gasteiger charge is -2.15. The van der Waals surface area contributed by atoms with E-state index in [0.29, 0.717) is 22.4 Å². The third-order valence-corrected chi connectivity index (χ3v) is 3.49. The fourth-order valence-electron chi connectivity index (χ4n) is 1.82. The van der Waals surface area contributed by atoms with Crippen molar-refractivity contribution in [3.05, 3.63) is 58.1 Å². The second-order valence-corrected chi connectivity index (χ2v) is 5.19. The second kappa shape index (κ2) is 6.81. The fraction of sp³-hybridized carbons (Fsp3) is 0.267. The van der Waals surface area contributed by atoms with Crippen LogP contribution in [0.25, 0.3) is 0 Å². The van der Waals surface area contributed by atoms with Gasteiger partial charge in [0.25, 0.3) is 0 Å². The first-order valence-corrected chi connectivity index (χ1v) is 7.12. The van der Waals surface area contributed by atoms with Crippen LogP contribution in [-0.2, 0) is 0 Å². The van der Waals surface area contributed by atoms with Crippen LogP contribution in [0.3, 0.4) is 0 Å². The zero-order chi connectivity index (χ0) is 14.5. The van der Waals surface area contributed by atoms with Crippen molar-refractivity contribution in [2.45, 2.75) is 19.4 Å². The van der Waals surface area contributed by atoms with Crippen LogP contribution in [0.2, 0.25) is 0 Å². The summed E-state index contributed by atoms with van der Waals surface area (Å²) >= 11 is 3.25. The summed E-state index contributed by atoms with van der Waals surface area (Å²) < 4.78 is 19.8. The van der Waals surface area contributed by atoms with Gasteiger partial charge in [0.1, 0.15) is 17.7 Å². The third-order valence-electron chi connectivity index (χ3n) is 2.80. The van der Waals surface area contributed by atoms with Crippen molar-refractivity contribution in [2.24, 2.45) is 0 Å². The number of ether oxygens (including phenoxy) is 1. The normalized spacial score (nSPS) is 12.2. The maximum atomic E-state index is 13.8. The molecule has 2 rings (SSSR count). The van der Waals surface area contributed by atoms with Crippen LogP contribution in [0.4, 0.5) is 4.39 Å². The lowest BCUT2D eigenvalue weighted by Crippen LogP contribution is -2.05. The van der Waals surface area contributed by atoms with Gasteiger partial charge in [-0.05, 0) is 24.6 Å². The van der Waals surface area contributed by atoms with E-state index in [1.807, 2.05) is 6.92 Å². The molecule has 0 spiro atoms. The minimum atomic E-state index is -1.09. The molecule has 0 bridgehead atoms. The smallest absolute Gasteiger partial charge is 0.137 e. The number of aromatic nitrogens is 1. The molecule has 0 aliphatic carbocycles. The lowest BCUT2D eigenvalue weighted by atomic mass is 10.0. The van der Waals surface area contributed by atoms with Crippen LogP contribution in [0.5, 0.6) is 5.75 Å². The van der Waals surface area contributed by atoms with Crippen molar-refractivity contribution >= 4 is 15.9 Å². The molecule has 20 heavy (non-hydrogen) atoms. The van der Waals surface area contributed by atoms with Gasteiger partial charge in [0.05, 0.1) is 12.8 Å². The predicted molar refractivity (Wildman–Crippen MR) is 78.2 cm³/mol. The molecule has 0 fully saturated rings. The standard InChI is InChI=1S/C15H15BrFNO2/c1-2-6-20-11-7-10(8-18-9-11)15(19)14-12(16)4-3-5-13(14)17/h3-5,7-9,15,19H,2,6H2,1H3. The summed E-state index contributed by atoms with van der Waals surface area (Å²) in [6.45, 7) is 2.58. The average Bonchev–Trinajstić information content (AvgIpc) is 2.45. The van der Waals surface area contributed by atoms with Crippen molar-refractivity contribution in [3.63, 3.8) is 0 Å². The van der Waals surface area contributed by atoms with Gasteiger partial charge in [-0.25, -0.2) is 4.39 Å². The Kier molecular flexibility index (Phi) is 5.09. The van der Waals surface area contributed by atoms with Crippen LogP contribution >= 0.6 is 15.9 Å². The summed E-state index contributed by atoms with van der Waals surface area (Å²) in [5.41, 5.74) is 0.686. The number of aliphatic hydroxyl groups is 1. The van der Waals surface area contributed by atoms with Gasteiger partial charge >= 0.3 is 0 Å². The Labute approximate surface area is 125 Å². The van der Waals surface area contributed by atoms with Gasteiger partial charge in [-0.2, -0.15) is 0 Å². The number of pyridine rings is 1. The molecule has 0 saturated carbocycles. The molecule has 0 radical (unpaired) electrons. The molecule has 0 aliphatic heterocycles. The summed E-state index contributed by atoms with van der Waals surface area (Å²) in [6.07, 6.45) is 2.86.